The highest BCUT2D eigenvalue weighted by atomic mass is 19.1. The molecular weight excluding hydrogens is 557 g/mol. The van der Waals surface area contributed by atoms with E-state index < -0.39 is 5.82 Å². The van der Waals surface area contributed by atoms with Crippen LogP contribution in [-0.2, 0) is 6.54 Å². The molecule has 2 bridgehead atoms. The van der Waals surface area contributed by atoms with Crippen molar-refractivity contribution in [1.29, 1.82) is 0 Å². The van der Waals surface area contributed by atoms with Crippen molar-refractivity contribution in [2.75, 3.05) is 6.54 Å². The van der Waals surface area contributed by atoms with Crippen LogP contribution in [0.4, 0.5) is 4.39 Å². The number of hydrogen-bond acceptors (Lipinski definition) is 5. The van der Waals surface area contributed by atoms with E-state index in [1.54, 1.807) is 18.5 Å². The number of aryl methyl sites for hydroxylation is 1. The molecule has 0 spiro atoms. The molecule has 0 radical (unpaired) electrons. The molecule has 1 aromatic carbocycles. The van der Waals surface area contributed by atoms with Gasteiger partial charge < -0.3 is 15.2 Å². The highest BCUT2D eigenvalue weighted by Crippen LogP contribution is 2.39. The van der Waals surface area contributed by atoms with E-state index in [0.717, 1.165) is 65.8 Å². The molecule has 3 fully saturated rings. The zero-order valence-electron chi connectivity index (χ0n) is 24.2. The van der Waals surface area contributed by atoms with Gasteiger partial charge in [0.05, 0.1) is 22.5 Å². The fourth-order valence-electron chi connectivity index (χ4n) is 7.53. The van der Waals surface area contributed by atoms with E-state index in [-0.39, 0.29) is 29.5 Å². The summed E-state index contributed by atoms with van der Waals surface area (Å²) in [5, 5.41) is 5.84. The van der Waals surface area contributed by atoms with E-state index in [1.807, 2.05) is 36.1 Å². The molecule has 10 heteroatoms. The van der Waals surface area contributed by atoms with Crippen molar-refractivity contribution >= 4 is 34.6 Å². The number of hydrogen-bond donors (Lipinski definition) is 1. The van der Waals surface area contributed by atoms with Crippen molar-refractivity contribution in [3.8, 4) is 22.6 Å². The molecule has 9 rings (SSSR count). The minimum absolute atomic E-state index is 0.00525. The standard InChI is InChI=1S/C34H30FN7O2/c1-17-30(39-42-16-23(11-25(35)31(17)42)34(44)41-15-21-6-9-27(41)29(21)36)28-12-20-5-8-26(38-32(20)40(28)14-18-2-3-18)19-4-7-24-22(10-19)13-37-33(24)43/h4-5,7-8,10-13,16,18,21,27,29H,2-3,6,9,14-15,36H2,1H3/t21?,27?,29-/m1/s1. The first-order valence-corrected chi connectivity index (χ1v) is 15.3. The Morgan fingerprint density at radius 3 is 2.73 bits per heavy atom. The first-order chi connectivity index (χ1) is 21.3. The van der Waals surface area contributed by atoms with Crippen LogP contribution >= 0.6 is 0 Å². The minimum Gasteiger partial charge on any atom is -0.334 e. The van der Waals surface area contributed by atoms with E-state index in [4.69, 9.17) is 15.8 Å². The van der Waals surface area contributed by atoms with Gasteiger partial charge in [-0.1, -0.05) is 6.07 Å². The molecule has 9 nitrogen and oxygen atoms in total. The molecule has 220 valence electrons. The number of halogens is 1. The van der Waals surface area contributed by atoms with Crippen LogP contribution in [0.3, 0.4) is 0 Å². The summed E-state index contributed by atoms with van der Waals surface area (Å²) < 4.78 is 19.5. The fraction of sp³-hybridized carbons (Fsp3) is 0.324. The average molecular weight is 588 g/mol. The second-order valence-electron chi connectivity index (χ2n) is 12.8. The lowest BCUT2D eigenvalue weighted by Gasteiger charge is -2.27. The first-order valence-electron chi connectivity index (χ1n) is 15.3. The number of nitrogens with zero attached hydrogens (tertiary/aromatic N) is 6. The third-order valence-corrected chi connectivity index (χ3v) is 10.1. The highest BCUT2D eigenvalue weighted by molar-refractivity contribution is 6.13. The fourth-order valence-corrected chi connectivity index (χ4v) is 7.53. The van der Waals surface area contributed by atoms with Gasteiger partial charge in [-0.05, 0) is 80.8 Å². The van der Waals surface area contributed by atoms with Gasteiger partial charge in [0.15, 0.2) is 0 Å². The van der Waals surface area contributed by atoms with E-state index in [0.29, 0.717) is 40.7 Å². The van der Waals surface area contributed by atoms with Gasteiger partial charge in [-0.25, -0.2) is 18.9 Å². The number of pyridine rings is 2. The van der Waals surface area contributed by atoms with Crippen LogP contribution in [0.5, 0.6) is 0 Å². The van der Waals surface area contributed by atoms with Crippen molar-refractivity contribution in [2.24, 2.45) is 22.6 Å². The first kappa shape index (κ1) is 25.8. The van der Waals surface area contributed by atoms with E-state index in [1.165, 1.54) is 10.6 Å². The number of aromatic nitrogens is 4. The summed E-state index contributed by atoms with van der Waals surface area (Å²) in [5.41, 5.74) is 13.2. The Balaban J connectivity index is 1.14. The average Bonchev–Trinajstić information content (AvgIpc) is 3.24. The van der Waals surface area contributed by atoms with Crippen LogP contribution in [0.2, 0.25) is 0 Å². The van der Waals surface area contributed by atoms with Gasteiger partial charge in [-0.3, -0.25) is 9.59 Å². The second kappa shape index (κ2) is 9.15. The number of amides is 2. The van der Waals surface area contributed by atoms with Gasteiger partial charge in [-0.15, -0.1) is 0 Å². The molecule has 3 atom stereocenters. The SMILES string of the molecule is Cc1c(-c2cc3ccc(-c4ccc5c(c4)C=NC5=O)nc3n2CC2CC2)nn2cc(C(=O)N3CC4CCC3[C@@H]4N)cc(F)c12. The number of piperidine rings is 1. The van der Waals surface area contributed by atoms with Gasteiger partial charge in [0.1, 0.15) is 22.7 Å². The number of aliphatic imine (C=N–C) groups is 1. The number of rotatable bonds is 5. The molecule has 44 heavy (non-hydrogen) atoms. The number of fused-ring (bicyclic) bond motifs is 5. The Kier molecular flexibility index (Phi) is 5.36. The maximum absolute atomic E-state index is 15.7. The molecule has 2 N–H and O–H groups in total. The summed E-state index contributed by atoms with van der Waals surface area (Å²) in [6.45, 7) is 3.30. The molecule has 5 aromatic rings. The van der Waals surface area contributed by atoms with Gasteiger partial charge in [-0.2, -0.15) is 5.10 Å². The van der Waals surface area contributed by atoms with Crippen molar-refractivity contribution in [3.63, 3.8) is 0 Å². The third-order valence-electron chi connectivity index (χ3n) is 10.1. The maximum atomic E-state index is 15.7. The summed E-state index contributed by atoms with van der Waals surface area (Å²) in [6.07, 6.45) is 7.50. The van der Waals surface area contributed by atoms with Crippen molar-refractivity contribution in [3.05, 3.63) is 76.7 Å². The second-order valence-corrected chi connectivity index (χ2v) is 12.8. The summed E-state index contributed by atoms with van der Waals surface area (Å²) >= 11 is 0. The molecular formula is C34H30FN7O2. The van der Waals surface area contributed by atoms with Gasteiger partial charge in [0.2, 0.25) is 0 Å². The Labute approximate surface area is 252 Å². The van der Waals surface area contributed by atoms with Crippen LogP contribution in [0.15, 0.2) is 53.7 Å². The van der Waals surface area contributed by atoms with Crippen LogP contribution in [0.25, 0.3) is 39.2 Å². The molecule has 6 heterocycles. The quantitative estimate of drug-likeness (QED) is 0.311. The molecule has 2 amide bonds. The topological polar surface area (TPSA) is 111 Å². The lowest BCUT2D eigenvalue weighted by atomic mass is 10.0. The highest BCUT2D eigenvalue weighted by Gasteiger charge is 2.47. The van der Waals surface area contributed by atoms with Crippen LogP contribution in [-0.4, -0.2) is 60.7 Å². The van der Waals surface area contributed by atoms with E-state index in [2.05, 4.69) is 15.6 Å². The normalized spacial score (nSPS) is 22.2. The summed E-state index contributed by atoms with van der Waals surface area (Å²) in [6, 6.07) is 13.1. The zero-order chi connectivity index (χ0) is 29.9. The van der Waals surface area contributed by atoms with Gasteiger partial charge in [0.25, 0.3) is 11.8 Å². The van der Waals surface area contributed by atoms with Gasteiger partial charge in [0, 0.05) is 59.7 Å². The van der Waals surface area contributed by atoms with E-state index >= 15 is 4.39 Å². The van der Waals surface area contributed by atoms with Crippen LogP contribution < -0.4 is 5.73 Å². The van der Waals surface area contributed by atoms with Gasteiger partial charge >= 0.3 is 0 Å². The number of likely N-dealkylation sites (tertiary alicyclic amines) is 1. The molecule has 2 aliphatic carbocycles. The predicted molar refractivity (Wildman–Crippen MR) is 164 cm³/mol. The predicted octanol–water partition coefficient (Wildman–Crippen LogP) is 5.01. The van der Waals surface area contributed by atoms with Crippen molar-refractivity contribution in [2.45, 2.75) is 51.2 Å². The van der Waals surface area contributed by atoms with E-state index in [9.17, 15) is 9.59 Å². The Morgan fingerprint density at radius 2 is 1.95 bits per heavy atom. The number of nitrogens with two attached hydrogens (primary N) is 1. The Hall–Kier alpha value is -4.70. The number of carbonyl (C=O) groups is 2. The molecule has 1 saturated heterocycles. The van der Waals surface area contributed by atoms with Crippen molar-refractivity contribution < 1.29 is 14.0 Å². The van der Waals surface area contributed by atoms with Crippen LogP contribution in [0, 0.1) is 24.6 Å². The molecule has 2 aliphatic heterocycles. The van der Waals surface area contributed by atoms with Crippen LogP contribution in [0.1, 0.15) is 57.5 Å². The smallest absolute Gasteiger partial charge is 0.277 e. The number of carbonyl (C=O) groups excluding carboxylic acids is 2. The molecule has 4 aliphatic rings. The zero-order valence-corrected chi connectivity index (χ0v) is 24.2. The Morgan fingerprint density at radius 1 is 1.09 bits per heavy atom. The lowest BCUT2D eigenvalue weighted by molar-refractivity contribution is 0.0699. The molecule has 2 unspecified atom stereocenters. The number of benzene rings is 1. The Bertz CT molecular complexity index is 2110. The lowest BCUT2D eigenvalue weighted by Crippen LogP contribution is -2.41. The van der Waals surface area contributed by atoms with Crippen molar-refractivity contribution in [1.82, 2.24) is 24.1 Å². The summed E-state index contributed by atoms with van der Waals surface area (Å²) in [7, 11) is 0. The monoisotopic (exact) mass is 587 g/mol. The minimum atomic E-state index is -0.468. The molecule has 4 aromatic heterocycles. The summed E-state index contributed by atoms with van der Waals surface area (Å²) in [4.78, 5) is 36.3. The molecule has 2 saturated carbocycles. The maximum Gasteiger partial charge on any atom is 0.277 e. The summed E-state index contributed by atoms with van der Waals surface area (Å²) in [5.74, 6) is -0.00713. The largest absolute Gasteiger partial charge is 0.334 e. The third kappa shape index (κ3) is 3.76.